The van der Waals surface area contributed by atoms with Crippen LogP contribution in [0.1, 0.15) is 5.56 Å². The molecule has 1 heterocycles. The van der Waals surface area contributed by atoms with E-state index in [-0.39, 0.29) is 17.7 Å². The zero-order valence-corrected chi connectivity index (χ0v) is 8.66. The maximum Gasteiger partial charge on any atom is 0.308 e. The van der Waals surface area contributed by atoms with Crippen molar-refractivity contribution in [2.75, 3.05) is 0 Å². The minimum absolute atomic E-state index is 0.182. The van der Waals surface area contributed by atoms with E-state index in [1.807, 2.05) is 0 Å². The lowest BCUT2D eigenvalue weighted by Crippen LogP contribution is -2.04. The molecule has 0 fully saturated rings. The number of aromatic nitrogens is 1. The molecule has 0 bridgehead atoms. The van der Waals surface area contributed by atoms with Gasteiger partial charge in [0.15, 0.2) is 0 Å². The third kappa shape index (κ3) is 2.05. The van der Waals surface area contributed by atoms with Crippen LogP contribution in [0.3, 0.4) is 0 Å². The molecule has 0 aliphatic heterocycles. The van der Waals surface area contributed by atoms with E-state index in [1.165, 1.54) is 12.3 Å². The molecule has 0 aliphatic carbocycles. The molecule has 86 valence electrons. The molecule has 2 rings (SSSR count). The largest absolute Gasteiger partial charge is 0.481 e. The number of pyridine rings is 1. The Morgan fingerprint density at radius 3 is 2.82 bits per heavy atom. The van der Waals surface area contributed by atoms with E-state index in [9.17, 15) is 14.9 Å². The van der Waals surface area contributed by atoms with Gasteiger partial charge < -0.3 is 5.11 Å². The second-order valence-electron chi connectivity index (χ2n) is 3.47. The second-order valence-corrected chi connectivity index (χ2v) is 3.47. The molecule has 0 aliphatic rings. The Bertz CT molecular complexity index is 609. The highest BCUT2D eigenvalue weighted by Gasteiger charge is 2.20. The minimum Gasteiger partial charge on any atom is -0.481 e. The van der Waals surface area contributed by atoms with Crippen molar-refractivity contribution in [1.29, 1.82) is 0 Å². The molecule has 0 saturated carbocycles. The molecule has 1 aromatic heterocycles. The Hall–Kier alpha value is -2.50. The number of nitrogens with zero attached hydrogens (tertiary/aromatic N) is 2. The summed E-state index contributed by atoms with van der Waals surface area (Å²) in [6.45, 7) is 0. The smallest absolute Gasteiger partial charge is 0.308 e. The first-order valence-electron chi connectivity index (χ1n) is 4.82. The van der Waals surface area contributed by atoms with Crippen LogP contribution in [0, 0.1) is 10.1 Å². The minimum atomic E-state index is -1.10. The van der Waals surface area contributed by atoms with Crippen molar-refractivity contribution in [3.63, 3.8) is 0 Å². The summed E-state index contributed by atoms with van der Waals surface area (Å²) in [4.78, 5) is 25.1. The zero-order valence-electron chi connectivity index (χ0n) is 8.66. The van der Waals surface area contributed by atoms with Gasteiger partial charge in [-0.3, -0.25) is 19.9 Å². The molecule has 0 radical (unpaired) electrons. The number of aliphatic carboxylic acids is 1. The predicted molar refractivity (Wildman–Crippen MR) is 59.7 cm³/mol. The van der Waals surface area contributed by atoms with Gasteiger partial charge in [0.1, 0.15) is 0 Å². The number of carboxylic acid groups (broad SMARTS) is 1. The van der Waals surface area contributed by atoms with Gasteiger partial charge in [-0.1, -0.05) is 0 Å². The van der Waals surface area contributed by atoms with Crippen LogP contribution in [0.5, 0.6) is 0 Å². The van der Waals surface area contributed by atoms with E-state index in [4.69, 9.17) is 5.11 Å². The highest BCUT2D eigenvalue weighted by Crippen LogP contribution is 2.28. The third-order valence-corrected chi connectivity index (χ3v) is 2.36. The van der Waals surface area contributed by atoms with Gasteiger partial charge >= 0.3 is 5.97 Å². The average molecular weight is 232 g/mol. The van der Waals surface area contributed by atoms with Gasteiger partial charge in [-0.05, 0) is 24.3 Å². The van der Waals surface area contributed by atoms with Crippen LogP contribution in [0.15, 0.2) is 30.5 Å². The molecular weight excluding hydrogens is 224 g/mol. The number of carboxylic acids is 1. The number of nitro benzene ring substituents is 1. The van der Waals surface area contributed by atoms with E-state index in [0.717, 1.165) is 0 Å². The maximum absolute atomic E-state index is 11.0. The molecule has 6 nitrogen and oxygen atoms in total. The highest BCUT2D eigenvalue weighted by atomic mass is 16.6. The molecule has 0 amide bonds. The van der Waals surface area contributed by atoms with Crippen molar-refractivity contribution in [2.45, 2.75) is 6.42 Å². The van der Waals surface area contributed by atoms with Crippen LogP contribution < -0.4 is 0 Å². The van der Waals surface area contributed by atoms with Crippen LogP contribution >= 0.6 is 0 Å². The van der Waals surface area contributed by atoms with Gasteiger partial charge in [0.25, 0.3) is 5.69 Å². The Labute approximate surface area is 95.7 Å². The fourth-order valence-corrected chi connectivity index (χ4v) is 1.70. The van der Waals surface area contributed by atoms with Crippen LogP contribution in [0.25, 0.3) is 10.9 Å². The maximum atomic E-state index is 11.0. The Balaban J connectivity index is 2.72. The zero-order chi connectivity index (χ0) is 12.4. The molecule has 0 saturated heterocycles. The molecule has 0 atom stereocenters. The standard InChI is InChI=1S/C11H8N2O4/c14-10(15)6-7-3-4-9-8(2-1-5-12-9)11(7)13(16)17/h1-5H,6H2,(H,14,15). The normalized spacial score (nSPS) is 10.4. The third-order valence-electron chi connectivity index (χ3n) is 2.36. The fourth-order valence-electron chi connectivity index (χ4n) is 1.70. The quantitative estimate of drug-likeness (QED) is 0.642. The molecule has 1 N–H and O–H groups in total. The van der Waals surface area contributed by atoms with Crippen LogP contribution in [0.2, 0.25) is 0 Å². The number of hydrogen-bond donors (Lipinski definition) is 1. The number of hydrogen-bond acceptors (Lipinski definition) is 4. The van der Waals surface area contributed by atoms with Gasteiger partial charge in [-0.15, -0.1) is 0 Å². The van der Waals surface area contributed by atoms with Crippen LogP contribution in [-0.2, 0) is 11.2 Å². The Morgan fingerprint density at radius 1 is 1.41 bits per heavy atom. The van der Waals surface area contributed by atoms with Crippen LogP contribution in [-0.4, -0.2) is 21.0 Å². The lowest BCUT2D eigenvalue weighted by Gasteiger charge is -2.03. The lowest BCUT2D eigenvalue weighted by atomic mass is 10.1. The average Bonchev–Trinajstić information content (AvgIpc) is 2.27. The molecule has 1 aromatic carbocycles. The molecule has 0 unspecified atom stereocenters. The molecule has 0 spiro atoms. The van der Waals surface area contributed by atoms with E-state index in [2.05, 4.69) is 4.98 Å². The summed E-state index contributed by atoms with van der Waals surface area (Å²) in [5.41, 5.74) is 0.481. The fraction of sp³-hybridized carbons (Fsp3) is 0.0909. The summed E-state index contributed by atoms with van der Waals surface area (Å²) >= 11 is 0. The lowest BCUT2D eigenvalue weighted by molar-refractivity contribution is -0.383. The first-order valence-corrected chi connectivity index (χ1v) is 4.82. The summed E-state index contributed by atoms with van der Waals surface area (Å²) in [6.07, 6.45) is 1.16. The summed E-state index contributed by atoms with van der Waals surface area (Å²) in [6, 6.07) is 6.16. The van der Waals surface area contributed by atoms with Gasteiger partial charge in [-0.25, -0.2) is 0 Å². The highest BCUT2D eigenvalue weighted by molar-refractivity contribution is 5.90. The van der Waals surface area contributed by atoms with Crippen molar-refractivity contribution < 1.29 is 14.8 Å². The van der Waals surface area contributed by atoms with E-state index < -0.39 is 10.9 Å². The van der Waals surface area contributed by atoms with Crippen molar-refractivity contribution in [2.24, 2.45) is 0 Å². The number of fused-ring (bicyclic) bond motifs is 1. The topological polar surface area (TPSA) is 93.3 Å². The van der Waals surface area contributed by atoms with E-state index in [1.54, 1.807) is 18.2 Å². The number of rotatable bonds is 3. The summed E-state index contributed by atoms with van der Waals surface area (Å²) in [5, 5.41) is 20.1. The van der Waals surface area contributed by atoms with Gasteiger partial charge in [-0.2, -0.15) is 0 Å². The molecule has 2 aromatic rings. The monoisotopic (exact) mass is 232 g/mol. The second kappa shape index (κ2) is 4.17. The van der Waals surface area contributed by atoms with Gasteiger partial charge in [0.05, 0.1) is 22.2 Å². The van der Waals surface area contributed by atoms with Gasteiger partial charge in [0.2, 0.25) is 0 Å². The predicted octanol–water partition coefficient (Wildman–Crippen LogP) is 1.77. The number of benzene rings is 1. The van der Waals surface area contributed by atoms with Crippen molar-refractivity contribution in [1.82, 2.24) is 4.98 Å². The van der Waals surface area contributed by atoms with Crippen molar-refractivity contribution in [3.8, 4) is 0 Å². The Kier molecular flexibility index (Phi) is 2.70. The molecular formula is C11H8N2O4. The van der Waals surface area contributed by atoms with Crippen molar-refractivity contribution in [3.05, 3.63) is 46.1 Å². The first-order chi connectivity index (χ1) is 8.09. The van der Waals surface area contributed by atoms with Gasteiger partial charge in [0, 0.05) is 11.8 Å². The number of nitro groups is 1. The summed E-state index contributed by atoms with van der Waals surface area (Å²) in [7, 11) is 0. The SMILES string of the molecule is O=C(O)Cc1ccc2ncccc2c1[N+](=O)[O-]. The van der Waals surface area contributed by atoms with E-state index >= 15 is 0 Å². The van der Waals surface area contributed by atoms with Crippen LogP contribution in [0.4, 0.5) is 5.69 Å². The molecule has 6 heteroatoms. The summed E-state index contributed by atoms with van der Waals surface area (Å²) in [5.74, 6) is -1.10. The van der Waals surface area contributed by atoms with Crippen molar-refractivity contribution >= 4 is 22.6 Å². The molecule has 17 heavy (non-hydrogen) atoms. The first kappa shape index (κ1) is 11.0. The summed E-state index contributed by atoms with van der Waals surface area (Å²) < 4.78 is 0. The van der Waals surface area contributed by atoms with E-state index in [0.29, 0.717) is 10.9 Å². The number of carbonyl (C=O) groups is 1. The Morgan fingerprint density at radius 2 is 2.18 bits per heavy atom.